The Labute approximate surface area is 103 Å². The highest BCUT2D eigenvalue weighted by atomic mass is 16.5. The molecule has 0 aromatic rings. The highest BCUT2D eigenvalue weighted by Gasteiger charge is 2.43. The van der Waals surface area contributed by atoms with Crippen LogP contribution in [-0.2, 0) is 9.53 Å². The average molecular weight is 241 g/mol. The van der Waals surface area contributed by atoms with E-state index in [9.17, 15) is 9.90 Å². The molecular weight excluding hydrogens is 218 g/mol. The van der Waals surface area contributed by atoms with Gasteiger partial charge in [-0.05, 0) is 32.6 Å². The number of aliphatic hydroxyl groups is 1. The fourth-order valence-electron chi connectivity index (χ4n) is 3.22. The second-order valence-electron chi connectivity index (χ2n) is 5.38. The predicted molar refractivity (Wildman–Crippen MR) is 64.5 cm³/mol. The SMILES string of the molecule is CCOC(=O)CC(C)N1CC2CCC(O)C2C1. The Hall–Kier alpha value is -0.610. The van der Waals surface area contributed by atoms with Crippen LogP contribution in [0.15, 0.2) is 0 Å². The summed E-state index contributed by atoms with van der Waals surface area (Å²) in [6.45, 7) is 6.33. The quantitative estimate of drug-likeness (QED) is 0.747. The maximum absolute atomic E-state index is 11.4. The molecule has 0 aromatic carbocycles. The molecule has 4 heteroatoms. The van der Waals surface area contributed by atoms with E-state index in [-0.39, 0.29) is 18.1 Å². The summed E-state index contributed by atoms with van der Waals surface area (Å²) in [6.07, 6.45) is 2.42. The van der Waals surface area contributed by atoms with Crippen molar-refractivity contribution in [1.82, 2.24) is 4.90 Å². The van der Waals surface area contributed by atoms with Gasteiger partial charge in [-0.1, -0.05) is 0 Å². The second-order valence-corrected chi connectivity index (χ2v) is 5.38. The first-order valence-electron chi connectivity index (χ1n) is 6.69. The van der Waals surface area contributed by atoms with E-state index in [4.69, 9.17) is 4.74 Å². The number of carbonyl (C=O) groups is 1. The number of aliphatic hydroxyl groups excluding tert-OH is 1. The van der Waals surface area contributed by atoms with Crippen LogP contribution in [0, 0.1) is 11.8 Å². The third-order valence-electron chi connectivity index (χ3n) is 4.24. The minimum absolute atomic E-state index is 0.113. The van der Waals surface area contributed by atoms with E-state index in [1.807, 2.05) is 6.92 Å². The van der Waals surface area contributed by atoms with Crippen molar-refractivity contribution in [3.63, 3.8) is 0 Å². The normalized spacial score (nSPS) is 34.6. The molecule has 1 aliphatic carbocycles. The fourth-order valence-corrected chi connectivity index (χ4v) is 3.22. The summed E-state index contributed by atoms with van der Waals surface area (Å²) in [5, 5.41) is 9.85. The van der Waals surface area contributed by atoms with Crippen LogP contribution < -0.4 is 0 Å². The van der Waals surface area contributed by atoms with E-state index in [2.05, 4.69) is 11.8 Å². The third-order valence-corrected chi connectivity index (χ3v) is 4.24. The molecule has 0 amide bonds. The highest BCUT2D eigenvalue weighted by molar-refractivity contribution is 5.70. The number of likely N-dealkylation sites (tertiary alicyclic amines) is 1. The van der Waals surface area contributed by atoms with Crippen molar-refractivity contribution in [3.8, 4) is 0 Å². The molecule has 1 aliphatic heterocycles. The zero-order valence-corrected chi connectivity index (χ0v) is 10.8. The monoisotopic (exact) mass is 241 g/mol. The molecule has 17 heavy (non-hydrogen) atoms. The van der Waals surface area contributed by atoms with Gasteiger partial charge >= 0.3 is 5.97 Å². The van der Waals surface area contributed by atoms with E-state index < -0.39 is 0 Å². The van der Waals surface area contributed by atoms with Crippen LogP contribution >= 0.6 is 0 Å². The molecule has 2 aliphatic rings. The van der Waals surface area contributed by atoms with Crippen LogP contribution in [0.1, 0.15) is 33.1 Å². The molecule has 98 valence electrons. The molecule has 0 bridgehead atoms. The molecule has 1 heterocycles. The molecule has 2 fully saturated rings. The standard InChI is InChI=1S/C13H23NO3/c1-3-17-13(16)6-9(2)14-7-10-4-5-12(15)11(10)8-14/h9-12,15H,3-8H2,1-2H3. The fraction of sp³-hybridized carbons (Fsp3) is 0.923. The van der Waals surface area contributed by atoms with Crippen LogP contribution in [0.2, 0.25) is 0 Å². The van der Waals surface area contributed by atoms with E-state index in [1.165, 1.54) is 0 Å². The largest absolute Gasteiger partial charge is 0.466 e. The Morgan fingerprint density at radius 2 is 2.24 bits per heavy atom. The molecule has 1 saturated carbocycles. The summed E-state index contributed by atoms with van der Waals surface area (Å²) in [4.78, 5) is 13.8. The number of nitrogens with zero attached hydrogens (tertiary/aromatic N) is 1. The molecule has 2 rings (SSSR count). The Morgan fingerprint density at radius 1 is 1.47 bits per heavy atom. The first-order chi connectivity index (χ1) is 8.11. The molecule has 4 atom stereocenters. The maximum Gasteiger partial charge on any atom is 0.307 e. The first-order valence-corrected chi connectivity index (χ1v) is 6.69. The topological polar surface area (TPSA) is 49.8 Å². The van der Waals surface area contributed by atoms with Gasteiger partial charge in [-0.25, -0.2) is 0 Å². The molecule has 0 aromatic heterocycles. The maximum atomic E-state index is 11.4. The lowest BCUT2D eigenvalue weighted by Gasteiger charge is -2.24. The molecule has 1 N–H and O–H groups in total. The Kier molecular flexibility index (Phi) is 4.05. The molecular formula is C13H23NO3. The summed E-state index contributed by atoms with van der Waals surface area (Å²) in [5.74, 6) is 0.951. The van der Waals surface area contributed by atoms with E-state index >= 15 is 0 Å². The van der Waals surface area contributed by atoms with E-state index in [0.717, 1.165) is 25.9 Å². The van der Waals surface area contributed by atoms with Crippen LogP contribution in [0.5, 0.6) is 0 Å². The summed E-state index contributed by atoms with van der Waals surface area (Å²) in [7, 11) is 0. The second kappa shape index (κ2) is 5.36. The lowest BCUT2D eigenvalue weighted by Crippen LogP contribution is -2.34. The number of rotatable bonds is 4. The van der Waals surface area contributed by atoms with Gasteiger partial charge in [0.05, 0.1) is 19.1 Å². The predicted octanol–water partition coefficient (Wildman–Crippen LogP) is 1.03. The van der Waals surface area contributed by atoms with Gasteiger partial charge in [0.2, 0.25) is 0 Å². The number of carbonyl (C=O) groups excluding carboxylic acids is 1. The van der Waals surface area contributed by atoms with Crippen molar-refractivity contribution in [3.05, 3.63) is 0 Å². The van der Waals surface area contributed by atoms with Crippen molar-refractivity contribution in [1.29, 1.82) is 0 Å². The summed E-state index contributed by atoms with van der Waals surface area (Å²) < 4.78 is 4.97. The van der Waals surface area contributed by atoms with Crippen molar-refractivity contribution < 1.29 is 14.6 Å². The molecule has 4 unspecified atom stereocenters. The van der Waals surface area contributed by atoms with Crippen molar-refractivity contribution in [2.75, 3.05) is 19.7 Å². The van der Waals surface area contributed by atoms with Crippen LogP contribution in [0.4, 0.5) is 0 Å². The van der Waals surface area contributed by atoms with Gasteiger partial charge in [-0.3, -0.25) is 9.69 Å². The molecule has 4 nitrogen and oxygen atoms in total. The lowest BCUT2D eigenvalue weighted by molar-refractivity contribution is -0.144. The number of hydrogen-bond acceptors (Lipinski definition) is 4. The van der Waals surface area contributed by atoms with Gasteiger partial charge in [0.25, 0.3) is 0 Å². The van der Waals surface area contributed by atoms with Crippen molar-refractivity contribution >= 4 is 5.97 Å². The Morgan fingerprint density at radius 3 is 2.88 bits per heavy atom. The minimum atomic E-state index is -0.125. The van der Waals surface area contributed by atoms with Gasteiger partial charge in [-0.15, -0.1) is 0 Å². The summed E-state index contributed by atoms with van der Waals surface area (Å²) in [5.41, 5.74) is 0. The van der Waals surface area contributed by atoms with Gasteiger partial charge in [-0.2, -0.15) is 0 Å². The van der Waals surface area contributed by atoms with Gasteiger partial charge < -0.3 is 9.84 Å². The lowest BCUT2D eigenvalue weighted by atomic mass is 10.00. The molecule has 1 saturated heterocycles. The zero-order valence-electron chi connectivity index (χ0n) is 10.8. The average Bonchev–Trinajstić information content (AvgIpc) is 2.81. The number of fused-ring (bicyclic) bond motifs is 1. The number of esters is 1. The Bertz CT molecular complexity index is 282. The smallest absolute Gasteiger partial charge is 0.307 e. The van der Waals surface area contributed by atoms with Crippen LogP contribution in [0.3, 0.4) is 0 Å². The van der Waals surface area contributed by atoms with Crippen molar-refractivity contribution in [2.24, 2.45) is 11.8 Å². The molecule has 0 spiro atoms. The van der Waals surface area contributed by atoms with Gasteiger partial charge in [0.15, 0.2) is 0 Å². The number of hydrogen-bond donors (Lipinski definition) is 1. The summed E-state index contributed by atoms with van der Waals surface area (Å²) >= 11 is 0. The van der Waals surface area contributed by atoms with Crippen LogP contribution in [0.25, 0.3) is 0 Å². The van der Waals surface area contributed by atoms with E-state index in [1.54, 1.807) is 0 Å². The first kappa shape index (κ1) is 12.8. The van der Waals surface area contributed by atoms with E-state index in [0.29, 0.717) is 24.9 Å². The van der Waals surface area contributed by atoms with Gasteiger partial charge in [0, 0.05) is 25.0 Å². The summed E-state index contributed by atoms with van der Waals surface area (Å²) in [6, 6.07) is 0.229. The Balaban J connectivity index is 1.82. The third kappa shape index (κ3) is 2.80. The molecule has 0 radical (unpaired) electrons. The zero-order chi connectivity index (χ0) is 12.4. The number of ether oxygens (including phenoxy) is 1. The minimum Gasteiger partial charge on any atom is -0.466 e. The van der Waals surface area contributed by atoms with Crippen molar-refractivity contribution in [2.45, 2.75) is 45.3 Å². The highest BCUT2D eigenvalue weighted by Crippen LogP contribution is 2.38. The van der Waals surface area contributed by atoms with Gasteiger partial charge in [0.1, 0.15) is 0 Å². The van der Waals surface area contributed by atoms with Crippen LogP contribution in [-0.4, -0.2) is 47.8 Å².